The zero-order valence-corrected chi connectivity index (χ0v) is 13.9. The largest absolute Gasteiger partial charge is 0.351 e. The van der Waals surface area contributed by atoms with Crippen molar-refractivity contribution in [3.05, 3.63) is 56.2 Å². The summed E-state index contributed by atoms with van der Waals surface area (Å²) in [6.07, 6.45) is 0. The fraction of sp³-hybridized carbons (Fsp3) is 0.267. The molecule has 2 N–H and O–H groups in total. The maximum Gasteiger partial charge on any atom is 0.234 e. The molecule has 1 amide bonds. The molecule has 0 spiro atoms. The lowest BCUT2D eigenvalue weighted by Crippen LogP contribution is -2.34. The van der Waals surface area contributed by atoms with Crippen LogP contribution < -0.4 is 10.6 Å². The van der Waals surface area contributed by atoms with Gasteiger partial charge in [0.05, 0.1) is 15.2 Å². The lowest BCUT2D eigenvalue weighted by atomic mass is 10.2. The summed E-state index contributed by atoms with van der Waals surface area (Å²) in [7, 11) is 0. The van der Waals surface area contributed by atoms with Crippen LogP contribution in [0.15, 0.2) is 36.4 Å². The number of carbonyl (C=O) groups is 1. The van der Waals surface area contributed by atoms with Crippen molar-refractivity contribution in [2.75, 3.05) is 6.54 Å². The highest BCUT2D eigenvalue weighted by atomic mass is 35.5. The predicted molar refractivity (Wildman–Crippen MR) is 89.0 cm³/mol. The molecule has 1 atom stereocenters. The Kier molecular flexibility index (Phi) is 6.06. The Balaban J connectivity index is 1.77. The van der Waals surface area contributed by atoms with Crippen molar-refractivity contribution >= 4 is 40.4 Å². The summed E-state index contributed by atoms with van der Waals surface area (Å²) in [6, 6.07) is 11.6. The Bertz CT molecular complexity index is 601. The van der Waals surface area contributed by atoms with Crippen LogP contribution in [0.25, 0.3) is 0 Å². The van der Waals surface area contributed by atoms with E-state index in [-0.39, 0.29) is 18.5 Å². The second-order valence-electron chi connectivity index (χ2n) is 4.64. The van der Waals surface area contributed by atoms with E-state index in [0.717, 1.165) is 11.1 Å². The van der Waals surface area contributed by atoms with E-state index in [9.17, 15) is 4.79 Å². The maximum absolute atomic E-state index is 11.8. The van der Waals surface area contributed by atoms with E-state index in [1.165, 1.54) is 11.3 Å². The van der Waals surface area contributed by atoms with E-state index in [0.29, 0.717) is 15.2 Å². The van der Waals surface area contributed by atoms with Crippen molar-refractivity contribution in [1.29, 1.82) is 0 Å². The van der Waals surface area contributed by atoms with Gasteiger partial charge >= 0.3 is 0 Å². The van der Waals surface area contributed by atoms with Crippen LogP contribution >= 0.6 is 34.5 Å². The molecular weight excluding hydrogens is 327 g/mol. The van der Waals surface area contributed by atoms with E-state index in [1.807, 2.05) is 43.3 Å². The molecular formula is C15H16Cl2N2OS. The first-order valence-electron chi connectivity index (χ1n) is 6.55. The zero-order chi connectivity index (χ0) is 15.2. The molecule has 21 heavy (non-hydrogen) atoms. The number of amides is 1. The number of rotatable bonds is 6. The van der Waals surface area contributed by atoms with Crippen LogP contribution in [-0.4, -0.2) is 12.5 Å². The molecule has 0 saturated carbocycles. The van der Waals surface area contributed by atoms with Crippen LogP contribution in [-0.2, 0) is 11.3 Å². The van der Waals surface area contributed by atoms with Gasteiger partial charge in [-0.1, -0.05) is 53.5 Å². The summed E-state index contributed by atoms with van der Waals surface area (Å²) in [4.78, 5) is 11.8. The van der Waals surface area contributed by atoms with Crippen molar-refractivity contribution in [1.82, 2.24) is 10.6 Å². The Morgan fingerprint density at radius 2 is 2.00 bits per heavy atom. The summed E-state index contributed by atoms with van der Waals surface area (Å²) in [5.41, 5.74) is 1.99. The van der Waals surface area contributed by atoms with E-state index < -0.39 is 0 Å². The third-order valence-electron chi connectivity index (χ3n) is 3.05. The summed E-state index contributed by atoms with van der Waals surface area (Å²) in [5.74, 6) is -0.0526. The second kappa shape index (κ2) is 7.80. The van der Waals surface area contributed by atoms with E-state index >= 15 is 0 Å². The molecule has 0 aliphatic carbocycles. The summed E-state index contributed by atoms with van der Waals surface area (Å²) in [5, 5.41) is 6.01. The normalized spacial score (nSPS) is 12.1. The molecule has 0 radical (unpaired) electrons. The highest BCUT2D eigenvalue weighted by Gasteiger charge is 2.14. The van der Waals surface area contributed by atoms with E-state index in [1.54, 1.807) is 0 Å². The minimum atomic E-state index is -0.0526. The highest BCUT2D eigenvalue weighted by molar-refractivity contribution is 7.20. The molecule has 1 heterocycles. The van der Waals surface area contributed by atoms with Gasteiger partial charge in [0.2, 0.25) is 5.91 Å². The molecule has 1 aromatic carbocycles. The van der Waals surface area contributed by atoms with Gasteiger partial charge in [0, 0.05) is 12.6 Å². The van der Waals surface area contributed by atoms with Crippen molar-refractivity contribution in [3.8, 4) is 0 Å². The minimum absolute atomic E-state index is 0.0243. The topological polar surface area (TPSA) is 41.1 Å². The number of thiophene rings is 1. The summed E-state index contributed by atoms with van der Waals surface area (Å²) >= 11 is 13.3. The van der Waals surface area contributed by atoms with Gasteiger partial charge in [-0.05, 0) is 24.1 Å². The van der Waals surface area contributed by atoms with Crippen LogP contribution in [0.5, 0.6) is 0 Å². The molecule has 112 valence electrons. The predicted octanol–water partition coefficient (Wildman–Crippen LogP) is 4.02. The SMILES string of the molecule is CC(NCC(=O)NCc1ccccc1)c1cc(Cl)sc1Cl. The second-order valence-corrected chi connectivity index (χ2v) is 6.93. The van der Waals surface area contributed by atoms with Gasteiger partial charge in [0.25, 0.3) is 0 Å². The molecule has 0 aliphatic rings. The van der Waals surface area contributed by atoms with Crippen LogP contribution in [0, 0.1) is 0 Å². The maximum atomic E-state index is 11.8. The third kappa shape index (κ3) is 5.00. The number of nitrogens with one attached hydrogen (secondary N) is 2. The number of hydrogen-bond acceptors (Lipinski definition) is 3. The van der Waals surface area contributed by atoms with Gasteiger partial charge in [-0.15, -0.1) is 11.3 Å². The fourth-order valence-corrected chi connectivity index (χ4v) is 3.51. The highest BCUT2D eigenvalue weighted by Crippen LogP contribution is 2.34. The van der Waals surface area contributed by atoms with Gasteiger partial charge < -0.3 is 10.6 Å². The monoisotopic (exact) mass is 342 g/mol. The molecule has 0 aliphatic heterocycles. The van der Waals surface area contributed by atoms with Gasteiger partial charge in [-0.25, -0.2) is 0 Å². The first-order chi connectivity index (χ1) is 10.1. The first-order valence-corrected chi connectivity index (χ1v) is 8.12. The molecule has 1 unspecified atom stereocenters. The number of benzene rings is 1. The average Bonchev–Trinajstić information content (AvgIpc) is 2.82. The fourth-order valence-electron chi connectivity index (χ4n) is 1.86. The third-order valence-corrected chi connectivity index (χ3v) is 4.57. The van der Waals surface area contributed by atoms with Crippen molar-refractivity contribution in [3.63, 3.8) is 0 Å². The smallest absolute Gasteiger partial charge is 0.234 e. The van der Waals surface area contributed by atoms with Crippen LogP contribution in [0.1, 0.15) is 24.1 Å². The van der Waals surface area contributed by atoms with Crippen molar-refractivity contribution in [2.45, 2.75) is 19.5 Å². The minimum Gasteiger partial charge on any atom is -0.351 e. The molecule has 3 nitrogen and oxygen atoms in total. The first kappa shape index (κ1) is 16.3. The molecule has 0 bridgehead atoms. The number of carbonyl (C=O) groups excluding carboxylic acids is 1. The van der Waals surface area contributed by atoms with Crippen molar-refractivity contribution < 1.29 is 4.79 Å². The molecule has 2 rings (SSSR count). The van der Waals surface area contributed by atoms with E-state index in [4.69, 9.17) is 23.2 Å². The Morgan fingerprint density at radius 3 is 2.62 bits per heavy atom. The van der Waals surface area contributed by atoms with Gasteiger partial charge in [-0.3, -0.25) is 4.79 Å². The zero-order valence-electron chi connectivity index (χ0n) is 11.5. The quantitative estimate of drug-likeness (QED) is 0.832. The Morgan fingerprint density at radius 1 is 1.29 bits per heavy atom. The summed E-state index contributed by atoms with van der Waals surface area (Å²) in [6.45, 7) is 2.72. The molecule has 2 aromatic rings. The van der Waals surface area contributed by atoms with Gasteiger partial charge in [0.1, 0.15) is 0 Å². The molecule has 0 fully saturated rings. The standard InChI is InChI=1S/C15H16Cl2N2OS/c1-10(12-7-13(16)21-15(12)17)18-9-14(20)19-8-11-5-3-2-4-6-11/h2-7,10,18H,8-9H2,1H3,(H,19,20). The lowest BCUT2D eigenvalue weighted by Gasteiger charge is -2.13. The summed E-state index contributed by atoms with van der Waals surface area (Å²) < 4.78 is 1.31. The average molecular weight is 343 g/mol. The van der Waals surface area contributed by atoms with Gasteiger partial charge in [-0.2, -0.15) is 0 Å². The molecule has 6 heteroatoms. The lowest BCUT2D eigenvalue weighted by molar-refractivity contribution is -0.120. The van der Waals surface area contributed by atoms with E-state index in [2.05, 4.69) is 10.6 Å². The Labute approximate surface area is 138 Å². The van der Waals surface area contributed by atoms with Crippen LogP contribution in [0.4, 0.5) is 0 Å². The Hall–Kier alpha value is -1.07. The number of hydrogen-bond donors (Lipinski definition) is 2. The van der Waals surface area contributed by atoms with Gasteiger partial charge in [0.15, 0.2) is 0 Å². The molecule has 0 saturated heterocycles. The number of halogens is 2. The van der Waals surface area contributed by atoms with Crippen molar-refractivity contribution in [2.24, 2.45) is 0 Å². The van der Waals surface area contributed by atoms with Crippen LogP contribution in [0.2, 0.25) is 8.67 Å². The molecule has 1 aromatic heterocycles. The van der Waals surface area contributed by atoms with Crippen LogP contribution in [0.3, 0.4) is 0 Å².